The van der Waals surface area contributed by atoms with Crippen molar-refractivity contribution in [3.05, 3.63) is 35.4 Å². The smallest absolute Gasteiger partial charge is 0.237 e. The van der Waals surface area contributed by atoms with E-state index in [0.29, 0.717) is 31.5 Å². The Kier molecular flexibility index (Phi) is 6.11. The van der Waals surface area contributed by atoms with E-state index in [1.54, 1.807) is 12.1 Å². The predicted octanol–water partition coefficient (Wildman–Crippen LogP) is 1.62. The highest BCUT2D eigenvalue weighted by Crippen LogP contribution is 2.23. The van der Waals surface area contributed by atoms with E-state index in [-0.39, 0.29) is 23.0 Å². The Morgan fingerprint density at radius 2 is 1.65 bits per heavy atom. The molecule has 26 heavy (non-hydrogen) atoms. The summed E-state index contributed by atoms with van der Waals surface area (Å²) in [6.45, 7) is 7.04. The van der Waals surface area contributed by atoms with Crippen LogP contribution in [0.4, 0.5) is 0 Å². The first kappa shape index (κ1) is 20.4. The van der Waals surface area contributed by atoms with Crippen LogP contribution in [0.5, 0.6) is 0 Å². The fraction of sp³-hybridized carbons (Fsp3) is 0.579. The van der Waals surface area contributed by atoms with Gasteiger partial charge in [-0.1, -0.05) is 45.0 Å². The van der Waals surface area contributed by atoms with E-state index >= 15 is 0 Å². The topological polar surface area (TPSA) is 97.5 Å². The molecule has 0 saturated carbocycles. The number of nitrogens with two attached hydrogens (primary N) is 1. The Bertz CT molecular complexity index is 756. The summed E-state index contributed by atoms with van der Waals surface area (Å²) in [5.74, 6) is -1.64. The molecule has 1 fully saturated rings. The lowest BCUT2D eigenvalue weighted by Crippen LogP contribution is -2.44. The maximum absolute atomic E-state index is 12.4. The third-order valence-corrected chi connectivity index (χ3v) is 6.26. The molecule has 1 aliphatic rings. The highest BCUT2D eigenvalue weighted by atomic mass is 32.2. The van der Waals surface area contributed by atoms with Crippen LogP contribution in [0.3, 0.4) is 0 Å². The van der Waals surface area contributed by atoms with Crippen LogP contribution >= 0.6 is 0 Å². The van der Waals surface area contributed by atoms with Gasteiger partial charge in [0.1, 0.15) is 5.75 Å². The molecule has 0 aliphatic carbocycles. The molecule has 0 aromatic heterocycles. The van der Waals surface area contributed by atoms with Crippen LogP contribution in [0, 0.1) is 5.92 Å². The highest BCUT2D eigenvalue weighted by molar-refractivity contribution is 7.91. The molecule has 1 aliphatic heterocycles. The number of rotatable bonds is 5. The van der Waals surface area contributed by atoms with Crippen LogP contribution in [-0.2, 0) is 30.6 Å². The zero-order valence-corrected chi connectivity index (χ0v) is 16.5. The van der Waals surface area contributed by atoms with E-state index in [9.17, 15) is 18.0 Å². The van der Waals surface area contributed by atoms with Gasteiger partial charge in [-0.05, 0) is 29.4 Å². The number of carbonyl (C=O) groups is 2. The van der Waals surface area contributed by atoms with Crippen LogP contribution in [0.2, 0.25) is 0 Å². The fourth-order valence-electron chi connectivity index (χ4n) is 3.10. The van der Waals surface area contributed by atoms with Crippen molar-refractivity contribution in [2.24, 2.45) is 11.7 Å². The molecule has 1 heterocycles. The average molecular weight is 381 g/mol. The van der Waals surface area contributed by atoms with Gasteiger partial charge in [-0.3, -0.25) is 9.59 Å². The number of sulfone groups is 1. The lowest BCUT2D eigenvalue weighted by Gasteiger charge is -2.30. The van der Waals surface area contributed by atoms with Crippen LogP contribution in [0.1, 0.15) is 44.7 Å². The molecule has 1 saturated heterocycles. The maximum atomic E-state index is 12.4. The molecular weight excluding hydrogens is 352 g/mol. The van der Waals surface area contributed by atoms with Crippen LogP contribution in [0.15, 0.2) is 24.3 Å². The zero-order valence-electron chi connectivity index (χ0n) is 15.7. The van der Waals surface area contributed by atoms with Crippen LogP contribution in [0.25, 0.3) is 0 Å². The molecule has 0 atom stereocenters. The van der Waals surface area contributed by atoms with Crippen molar-refractivity contribution in [2.75, 3.05) is 18.8 Å². The molecular formula is C19H28N2O4S. The molecule has 144 valence electrons. The molecule has 1 aromatic rings. The SMILES string of the molecule is CC(C)(C)c1ccc(CS(=O)(=O)CC(=O)N2CCC(C(N)=O)CC2)cc1. The minimum Gasteiger partial charge on any atom is -0.369 e. The second kappa shape index (κ2) is 7.78. The number of nitrogens with zero attached hydrogens (tertiary/aromatic N) is 1. The second-order valence-corrected chi connectivity index (χ2v) is 10.1. The summed E-state index contributed by atoms with van der Waals surface area (Å²) in [7, 11) is -3.54. The van der Waals surface area contributed by atoms with Gasteiger partial charge in [0.25, 0.3) is 0 Å². The number of amides is 2. The van der Waals surface area contributed by atoms with Gasteiger partial charge < -0.3 is 10.6 Å². The first-order valence-corrected chi connectivity index (χ1v) is 10.7. The van der Waals surface area contributed by atoms with E-state index < -0.39 is 21.5 Å². The van der Waals surface area contributed by atoms with E-state index in [0.717, 1.165) is 5.56 Å². The molecule has 0 spiro atoms. The normalized spacial score (nSPS) is 16.5. The lowest BCUT2D eigenvalue weighted by atomic mass is 9.87. The van der Waals surface area contributed by atoms with E-state index in [2.05, 4.69) is 20.8 Å². The molecule has 6 nitrogen and oxygen atoms in total. The standard InChI is InChI=1S/C19H28N2O4S/c1-19(2,3)16-6-4-14(5-7-16)12-26(24,25)13-17(22)21-10-8-15(9-11-21)18(20)23/h4-7,15H,8-13H2,1-3H3,(H2,20,23). The van der Waals surface area contributed by atoms with Gasteiger partial charge in [0, 0.05) is 19.0 Å². The molecule has 0 unspecified atom stereocenters. The molecule has 2 N–H and O–H groups in total. The van der Waals surface area contributed by atoms with Gasteiger partial charge in [0.2, 0.25) is 11.8 Å². The quantitative estimate of drug-likeness (QED) is 0.839. The Labute approximate surface area is 155 Å². The maximum Gasteiger partial charge on any atom is 0.237 e. The largest absolute Gasteiger partial charge is 0.369 e. The Morgan fingerprint density at radius 3 is 2.12 bits per heavy atom. The second-order valence-electron chi connectivity index (χ2n) is 8.04. The summed E-state index contributed by atoms with van der Waals surface area (Å²) in [6.07, 6.45) is 0.991. The van der Waals surface area contributed by atoms with Crippen molar-refractivity contribution in [1.29, 1.82) is 0 Å². The summed E-state index contributed by atoms with van der Waals surface area (Å²) < 4.78 is 24.8. The number of piperidine rings is 1. The summed E-state index contributed by atoms with van der Waals surface area (Å²) in [6, 6.07) is 7.48. The van der Waals surface area contributed by atoms with Gasteiger partial charge in [0.05, 0.1) is 5.75 Å². The highest BCUT2D eigenvalue weighted by Gasteiger charge is 2.28. The van der Waals surface area contributed by atoms with Crippen molar-refractivity contribution in [2.45, 2.75) is 44.8 Å². The molecule has 2 rings (SSSR count). The molecule has 0 radical (unpaired) electrons. The number of benzene rings is 1. The Balaban J connectivity index is 1.94. The number of hydrogen-bond acceptors (Lipinski definition) is 4. The van der Waals surface area contributed by atoms with Gasteiger partial charge in [-0.2, -0.15) is 0 Å². The molecule has 0 bridgehead atoms. The van der Waals surface area contributed by atoms with Gasteiger partial charge in [0.15, 0.2) is 9.84 Å². The number of hydrogen-bond donors (Lipinski definition) is 1. The third-order valence-electron chi connectivity index (χ3n) is 4.80. The Hall–Kier alpha value is -1.89. The van der Waals surface area contributed by atoms with Gasteiger partial charge >= 0.3 is 0 Å². The predicted molar refractivity (Wildman–Crippen MR) is 101 cm³/mol. The minimum absolute atomic E-state index is 0.00437. The van der Waals surface area contributed by atoms with Crippen molar-refractivity contribution in [3.63, 3.8) is 0 Å². The first-order chi connectivity index (χ1) is 12.0. The third kappa shape index (κ3) is 5.56. The summed E-state index contributed by atoms with van der Waals surface area (Å²) in [5.41, 5.74) is 7.09. The van der Waals surface area contributed by atoms with Gasteiger partial charge in [-0.25, -0.2) is 8.42 Å². The Morgan fingerprint density at radius 1 is 1.12 bits per heavy atom. The minimum atomic E-state index is -3.54. The van der Waals surface area contributed by atoms with Gasteiger partial charge in [-0.15, -0.1) is 0 Å². The van der Waals surface area contributed by atoms with Crippen molar-refractivity contribution in [3.8, 4) is 0 Å². The van der Waals surface area contributed by atoms with Crippen LogP contribution in [-0.4, -0.2) is 44.0 Å². The molecule has 7 heteroatoms. The lowest BCUT2D eigenvalue weighted by molar-refractivity contribution is -0.132. The molecule has 2 amide bonds. The average Bonchev–Trinajstić information content (AvgIpc) is 2.53. The van der Waals surface area contributed by atoms with E-state index in [1.807, 2.05) is 12.1 Å². The van der Waals surface area contributed by atoms with Crippen LogP contribution < -0.4 is 5.73 Å². The monoisotopic (exact) mass is 380 g/mol. The fourth-order valence-corrected chi connectivity index (χ4v) is 4.46. The molecule has 1 aromatic carbocycles. The first-order valence-electron chi connectivity index (χ1n) is 8.85. The van der Waals surface area contributed by atoms with E-state index in [1.165, 1.54) is 4.90 Å². The van der Waals surface area contributed by atoms with Crippen molar-refractivity contribution < 1.29 is 18.0 Å². The summed E-state index contributed by atoms with van der Waals surface area (Å²) in [5, 5.41) is 0. The summed E-state index contributed by atoms with van der Waals surface area (Å²) in [4.78, 5) is 25.0. The summed E-state index contributed by atoms with van der Waals surface area (Å²) >= 11 is 0. The zero-order chi connectivity index (χ0) is 19.5. The van der Waals surface area contributed by atoms with E-state index in [4.69, 9.17) is 5.73 Å². The van der Waals surface area contributed by atoms with Crippen molar-refractivity contribution in [1.82, 2.24) is 4.90 Å². The number of primary amides is 1. The van der Waals surface area contributed by atoms with Crippen molar-refractivity contribution >= 4 is 21.7 Å². The number of likely N-dealkylation sites (tertiary alicyclic amines) is 1. The number of carbonyl (C=O) groups excluding carboxylic acids is 2.